The molecule has 0 saturated heterocycles. The number of thioether (sulfide) groups is 2. The average Bonchev–Trinajstić information content (AvgIpc) is 3.47. The molecule has 5 rings (SSSR count). The largest absolute Gasteiger partial charge is 0.332 e. The maximum atomic E-state index is 13.5. The lowest BCUT2D eigenvalue weighted by molar-refractivity contribution is 0.627. The first-order chi connectivity index (χ1) is 17.5. The summed E-state index contributed by atoms with van der Waals surface area (Å²) < 4.78 is 42.1. The Balaban J connectivity index is 1.28. The molecular weight excluding hydrogens is 501 g/mol. The van der Waals surface area contributed by atoms with E-state index in [4.69, 9.17) is 4.98 Å². The monoisotopic (exact) mass is 522 g/mol. The molecular formula is C27H21F3N4S2. The minimum atomic E-state index is -0.318. The molecule has 0 saturated carbocycles. The van der Waals surface area contributed by atoms with Crippen LogP contribution in [-0.4, -0.2) is 31.0 Å². The summed E-state index contributed by atoms with van der Waals surface area (Å²) in [6, 6.07) is 18.7. The van der Waals surface area contributed by atoms with E-state index in [1.807, 2.05) is 17.8 Å². The van der Waals surface area contributed by atoms with Crippen LogP contribution in [0.4, 0.5) is 13.2 Å². The zero-order chi connectivity index (χ0) is 25.1. The van der Waals surface area contributed by atoms with Crippen LogP contribution in [0.5, 0.6) is 0 Å². The van der Waals surface area contributed by atoms with Crippen molar-refractivity contribution in [1.82, 2.24) is 19.5 Å². The highest BCUT2D eigenvalue weighted by molar-refractivity contribution is 8.02. The first-order valence-corrected chi connectivity index (χ1v) is 13.1. The summed E-state index contributed by atoms with van der Waals surface area (Å²) in [6.45, 7) is 0. The summed E-state index contributed by atoms with van der Waals surface area (Å²) in [4.78, 5) is 12.8. The smallest absolute Gasteiger partial charge is 0.168 e. The lowest BCUT2D eigenvalue weighted by Gasteiger charge is -2.03. The standard InChI is InChI=1S/C27H21F3N4S2/c1-34-16-23(17-2-8-20(28)9-3-17)31-27(34)36-15-14-35-26-32-24(18-4-10-21(29)11-5-18)25(33-26)19-6-12-22(30)13-7-19/h2-13,16H,14-15H2,1H3,(H,32,33). The molecule has 0 radical (unpaired) electrons. The van der Waals surface area contributed by atoms with Crippen molar-refractivity contribution in [1.29, 1.82) is 0 Å². The molecule has 9 heteroatoms. The molecule has 0 aliphatic heterocycles. The van der Waals surface area contributed by atoms with Gasteiger partial charge in [0.15, 0.2) is 10.3 Å². The topological polar surface area (TPSA) is 46.5 Å². The minimum absolute atomic E-state index is 0.274. The number of aromatic amines is 1. The summed E-state index contributed by atoms with van der Waals surface area (Å²) >= 11 is 3.19. The first-order valence-electron chi connectivity index (χ1n) is 11.1. The molecule has 0 fully saturated rings. The lowest BCUT2D eigenvalue weighted by atomic mass is 10.1. The highest BCUT2D eigenvalue weighted by Crippen LogP contribution is 2.33. The van der Waals surface area contributed by atoms with Gasteiger partial charge in [0.2, 0.25) is 0 Å². The third-order valence-corrected chi connectivity index (χ3v) is 7.64. The Morgan fingerprint density at radius 1 is 0.694 bits per heavy atom. The van der Waals surface area contributed by atoms with Gasteiger partial charge >= 0.3 is 0 Å². The van der Waals surface area contributed by atoms with Crippen molar-refractivity contribution < 1.29 is 13.2 Å². The maximum absolute atomic E-state index is 13.5. The van der Waals surface area contributed by atoms with E-state index in [9.17, 15) is 13.2 Å². The normalized spacial score (nSPS) is 11.2. The van der Waals surface area contributed by atoms with Gasteiger partial charge in [0, 0.05) is 41.4 Å². The van der Waals surface area contributed by atoms with Crippen LogP contribution >= 0.6 is 23.5 Å². The Hall–Kier alpha value is -3.43. The van der Waals surface area contributed by atoms with Gasteiger partial charge in [-0.15, -0.1) is 0 Å². The molecule has 0 amide bonds. The van der Waals surface area contributed by atoms with Gasteiger partial charge in [-0.25, -0.2) is 23.1 Å². The third kappa shape index (κ3) is 5.52. The summed E-state index contributed by atoms with van der Waals surface area (Å²) in [5, 5.41) is 1.59. The van der Waals surface area contributed by atoms with Crippen molar-refractivity contribution in [2.75, 3.05) is 11.5 Å². The summed E-state index contributed by atoms with van der Waals surface area (Å²) in [7, 11) is 1.94. The van der Waals surface area contributed by atoms with Crippen LogP contribution in [0.15, 0.2) is 89.3 Å². The number of benzene rings is 3. The van der Waals surface area contributed by atoms with E-state index in [1.165, 1.54) is 36.4 Å². The molecule has 0 bridgehead atoms. The second kappa shape index (κ2) is 10.7. The third-order valence-electron chi connectivity index (χ3n) is 5.46. The molecule has 36 heavy (non-hydrogen) atoms. The minimum Gasteiger partial charge on any atom is -0.332 e. The molecule has 5 aromatic rings. The molecule has 2 aromatic heterocycles. The lowest BCUT2D eigenvalue weighted by Crippen LogP contribution is -1.92. The second-order valence-electron chi connectivity index (χ2n) is 8.00. The SMILES string of the molecule is Cn1cc(-c2ccc(F)cc2)nc1SCCSc1nc(-c2ccc(F)cc2)c(-c2ccc(F)cc2)[nH]1. The van der Waals surface area contributed by atoms with E-state index in [2.05, 4.69) is 9.97 Å². The number of imidazole rings is 2. The van der Waals surface area contributed by atoms with Crippen molar-refractivity contribution in [3.8, 4) is 33.8 Å². The van der Waals surface area contributed by atoms with Crippen LogP contribution in [0.25, 0.3) is 33.8 Å². The van der Waals surface area contributed by atoms with Crippen molar-refractivity contribution >= 4 is 23.5 Å². The fraction of sp³-hybridized carbons (Fsp3) is 0.111. The van der Waals surface area contributed by atoms with Crippen LogP contribution in [0.2, 0.25) is 0 Å². The molecule has 3 aromatic carbocycles. The van der Waals surface area contributed by atoms with Gasteiger partial charge in [-0.1, -0.05) is 23.5 Å². The fourth-order valence-corrected chi connectivity index (χ4v) is 5.47. The molecule has 0 aliphatic rings. The maximum Gasteiger partial charge on any atom is 0.168 e. The van der Waals surface area contributed by atoms with Gasteiger partial charge in [-0.05, 0) is 72.8 Å². The molecule has 1 N–H and O–H groups in total. The Bertz CT molecular complexity index is 1400. The van der Waals surface area contributed by atoms with Crippen LogP contribution < -0.4 is 0 Å². The zero-order valence-corrected chi connectivity index (χ0v) is 20.8. The van der Waals surface area contributed by atoms with E-state index in [1.54, 1.807) is 59.9 Å². The van der Waals surface area contributed by atoms with Crippen LogP contribution in [-0.2, 0) is 7.05 Å². The predicted molar refractivity (Wildman–Crippen MR) is 139 cm³/mol. The number of H-pyrrole nitrogens is 1. The van der Waals surface area contributed by atoms with Gasteiger partial charge in [-0.2, -0.15) is 0 Å². The van der Waals surface area contributed by atoms with Crippen molar-refractivity contribution in [3.63, 3.8) is 0 Å². The first kappa shape index (κ1) is 24.3. The quantitative estimate of drug-likeness (QED) is 0.170. The molecule has 0 atom stereocenters. The van der Waals surface area contributed by atoms with Gasteiger partial charge in [0.05, 0.1) is 17.1 Å². The van der Waals surface area contributed by atoms with E-state index in [0.29, 0.717) is 5.69 Å². The molecule has 2 heterocycles. The number of rotatable bonds is 8. The van der Waals surface area contributed by atoms with Gasteiger partial charge in [-0.3, -0.25) is 0 Å². The van der Waals surface area contributed by atoms with Crippen molar-refractivity contribution in [2.24, 2.45) is 7.05 Å². The summed E-state index contributed by atoms with van der Waals surface area (Å²) in [5.74, 6) is 0.648. The molecule has 0 spiro atoms. The molecule has 0 unspecified atom stereocenters. The number of halogens is 3. The summed E-state index contributed by atoms with van der Waals surface area (Å²) in [6.07, 6.45) is 1.93. The van der Waals surface area contributed by atoms with E-state index < -0.39 is 0 Å². The van der Waals surface area contributed by atoms with E-state index >= 15 is 0 Å². The average molecular weight is 523 g/mol. The van der Waals surface area contributed by atoms with E-state index in [0.717, 1.165) is 49.9 Å². The van der Waals surface area contributed by atoms with Crippen LogP contribution in [0, 0.1) is 17.5 Å². The van der Waals surface area contributed by atoms with Gasteiger partial charge in [0.25, 0.3) is 0 Å². The number of nitrogens with one attached hydrogen (secondary N) is 1. The Labute approximate surface area is 215 Å². The summed E-state index contributed by atoms with van der Waals surface area (Å²) in [5.41, 5.74) is 4.67. The highest BCUT2D eigenvalue weighted by atomic mass is 32.2. The number of aryl methyl sites for hydroxylation is 1. The molecule has 182 valence electrons. The second-order valence-corrected chi connectivity index (χ2v) is 10.1. The molecule has 4 nitrogen and oxygen atoms in total. The van der Waals surface area contributed by atoms with Gasteiger partial charge in [0.1, 0.15) is 17.5 Å². The number of hydrogen-bond acceptors (Lipinski definition) is 4. The van der Waals surface area contributed by atoms with Gasteiger partial charge < -0.3 is 9.55 Å². The fourth-order valence-electron chi connectivity index (χ4n) is 3.68. The zero-order valence-electron chi connectivity index (χ0n) is 19.2. The number of nitrogens with zero attached hydrogens (tertiary/aromatic N) is 3. The van der Waals surface area contributed by atoms with Crippen molar-refractivity contribution in [3.05, 3.63) is 96.4 Å². The van der Waals surface area contributed by atoms with Crippen LogP contribution in [0.3, 0.4) is 0 Å². The highest BCUT2D eigenvalue weighted by Gasteiger charge is 2.15. The van der Waals surface area contributed by atoms with Crippen LogP contribution in [0.1, 0.15) is 0 Å². The Morgan fingerprint density at radius 2 is 1.22 bits per heavy atom. The predicted octanol–water partition coefficient (Wildman–Crippen LogP) is 7.45. The molecule has 0 aliphatic carbocycles. The van der Waals surface area contributed by atoms with E-state index in [-0.39, 0.29) is 17.5 Å². The Morgan fingerprint density at radius 3 is 1.83 bits per heavy atom. The number of hydrogen-bond donors (Lipinski definition) is 1. The Kier molecular flexibility index (Phi) is 7.20. The number of aromatic nitrogens is 4. The van der Waals surface area contributed by atoms with Crippen molar-refractivity contribution in [2.45, 2.75) is 10.3 Å².